The number of rotatable bonds is 3. The van der Waals surface area contributed by atoms with Crippen LogP contribution in [0.15, 0.2) is 30.3 Å². The maximum absolute atomic E-state index is 12.8. The second-order valence-corrected chi connectivity index (χ2v) is 3.62. The van der Waals surface area contributed by atoms with Crippen LogP contribution in [0.3, 0.4) is 0 Å². The summed E-state index contributed by atoms with van der Waals surface area (Å²) in [5, 5.41) is 0. The van der Waals surface area contributed by atoms with Gasteiger partial charge in [-0.2, -0.15) is 13.2 Å². The normalized spacial score (nSPS) is 15.1. The molecule has 0 aliphatic rings. The predicted octanol–water partition coefficient (Wildman–Crippen LogP) is 1.66. The molecule has 0 amide bonds. The summed E-state index contributed by atoms with van der Waals surface area (Å²) in [4.78, 5) is 11.2. The van der Waals surface area contributed by atoms with Crippen molar-refractivity contribution in [2.75, 3.05) is 7.11 Å². The first kappa shape index (κ1) is 13.5. The zero-order valence-electron chi connectivity index (χ0n) is 9.12. The highest BCUT2D eigenvalue weighted by Crippen LogP contribution is 2.32. The highest BCUT2D eigenvalue weighted by Gasteiger charge is 2.58. The third kappa shape index (κ3) is 2.76. The standard InChI is InChI=1S/C11H12F3NO2/c1-17-9(16)10(15,11(12,13)14)7-8-5-3-2-4-6-8/h2-6H,7,15H2,1H3. The maximum Gasteiger partial charge on any atom is 0.417 e. The van der Waals surface area contributed by atoms with Gasteiger partial charge < -0.3 is 10.5 Å². The number of ether oxygens (including phenoxy) is 1. The van der Waals surface area contributed by atoms with Crippen molar-refractivity contribution in [3.63, 3.8) is 0 Å². The molecular formula is C11H12F3NO2. The monoisotopic (exact) mass is 247 g/mol. The van der Waals surface area contributed by atoms with Crippen molar-refractivity contribution in [2.24, 2.45) is 5.73 Å². The van der Waals surface area contributed by atoms with Crippen LogP contribution in [0.1, 0.15) is 5.56 Å². The van der Waals surface area contributed by atoms with Crippen LogP contribution in [0.4, 0.5) is 13.2 Å². The zero-order chi connectivity index (χ0) is 13.1. The van der Waals surface area contributed by atoms with E-state index in [-0.39, 0.29) is 0 Å². The van der Waals surface area contributed by atoms with E-state index in [1.807, 2.05) is 0 Å². The number of esters is 1. The molecule has 1 rings (SSSR count). The molecule has 0 aromatic heterocycles. The minimum absolute atomic E-state index is 0.317. The fraction of sp³-hybridized carbons (Fsp3) is 0.364. The van der Waals surface area contributed by atoms with Gasteiger partial charge in [0.25, 0.3) is 0 Å². The highest BCUT2D eigenvalue weighted by molar-refractivity contribution is 5.82. The van der Waals surface area contributed by atoms with Crippen molar-refractivity contribution in [3.05, 3.63) is 35.9 Å². The van der Waals surface area contributed by atoms with Crippen molar-refractivity contribution in [1.82, 2.24) is 0 Å². The van der Waals surface area contributed by atoms with Gasteiger partial charge in [-0.15, -0.1) is 0 Å². The van der Waals surface area contributed by atoms with Gasteiger partial charge in [-0.1, -0.05) is 30.3 Å². The van der Waals surface area contributed by atoms with Crippen LogP contribution in [0.25, 0.3) is 0 Å². The lowest BCUT2D eigenvalue weighted by atomic mass is 9.91. The largest absolute Gasteiger partial charge is 0.467 e. The smallest absolute Gasteiger partial charge is 0.417 e. The Balaban J connectivity index is 3.05. The SMILES string of the molecule is COC(=O)C(N)(Cc1ccccc1)C(F)(F)F. The van der Waals surface area contributed by atoms with Crippen LogP contribution in [0.5, 0.6) is 0 Å². The number of methoxy groups -OCH3 is 1. The van der Waals surface area contributed by atoms with E-state index >= 15 is 0 Å². The molecule has 1 aromatic rings. The molecule has 6 heteroatoms. The van der Waals surface area contributed by atoms with E-state index in [9.17, 15) is 18.0 Å². The number of carbonyl (C=O) groups is 1. The third-order valence-corrected chi connectivity index (χ3v) is 2.38. The molecular weight excluding hydrogens is 235 g/mol. The molecule has 0 saturated carbocycles. The summed E-state index contributed by atoms with van der Waals surface area (Å²) in [5.41, 5.74) is 2.47. The topological polar surface area (TPSA) is 52.3 Å². The average Bonchev–Trinajstić information content (AvgIpc) is 2.27. The van der Waals surface area contributed by atoms with E-state index in [0.717, 1.165) is 7.11 Å². The molecule has 1 aromatic carbocycles. The molecule has 0 aliphatic carbocycles. The average molecular weight is 247 g/mol. The van der Waals surface area contributed by atoms with Crippen LogP contribution < -0.4 is 5.73 Å². The van der Waals surface area contributed by atoms with Gasteiger partial charge in [-0.3, -0.25) is 0 Å². The Morgan fingerprint density at radius 1 is 1.29 bits per heavy atom. The second-order valence-electron chi connectivity index (χ2n) is 3.62. The fourth-order valence-corrected chi connectivity index (χ4v) is 1.39. The van der Waals surface area contributed by atoms with Gasteiger partial charge in [0.05, 0.1) is 7.11 Å². The van der Waals surface area contributed by atoms with E-state index in [0.29, 0.717) is 5.56 Å². The summed E-state index contributed by atoms with van der Waals surface area (Å²) in [6, 6.07) is 7.74. The van der Waals surface area contributed by atoms with Crippen molar-refractivity contribution >= 4 is 5.97 Å². The van der Waals surface area contributed by atoms with Crippen LogP contribution >= 0.6 is 0 Å². The summed E-state index contributed by atoms with van der Waals surface area (Å²) in [7, 11) is 0.876. The molecule has 0 bridgehead atoms. The predicted molar refractivity (Wildman–Crippen MR) is 55.1 cm³/mol. The second kappa shape index (κ2) is 4.75. The van der Waals surface area contributed by atoms with E-state index in [1.165, 1.54) is 12.1 Å². The van der Waals surface area contributed by atoms with E-state index in [4.69, 9.17) is 5.73 Å². The number of halogens is 3. The Bertz CT molecular complexity index is 391. The molecule has 17 heavy (non-hydrogen) atoms. The Kier molecular flexibility index (Phi) is 3.77. The number of nitrogens with two attached hydrogens (primary N) is 1. The summed E-state index contributed by atoms with van der Waals surface area (Å²) < 4.78 is 42.5. The number of alkyl halides is 3. The molecule has 2 N–H and O–H groups in total. The lowest BCUT2D eigenvalue weighted by Gasteiger charge is -2.28. The van der Waals surface area contributed by atoms with Gasteiger partial charge in [-0.25, -0.2) is 4.79 Å². The zero-order valence-corrected chi connectivity index (χ0v) is 9.12. The Morgan fingerprint density at radius 3 is 2.24 bits per heavy atom. The Morgan fingerprint density at radius 2 is 1.82 bits per heavy atom. The first-order chi connectivity index (χ1) is 7.81. The van der Waals surface area contributed by atoms with E-state index in [1.54, 1.807) is 18.2 Å². The summed E-state index contributed by atoms with van der Waals surface area (Å²) in [6.07, 6.45) is -5.51. The lowest BCUT2D eigenvalue weighted by molar-refractivity contribution is -0.203. The molecule has 3 nitrogen and oxygen atoms in total. The van der Waals surface area contributed by atoms with Crippen LogP contribution in [0, 0.1) is 0 Å². The number of hydrogen-bond acceptors (Lipinski definition) is 3. The molecule has 0 saturated heterocycles. The minimum Gasteiger partial charge on any atom is -0.467 e. The first-order valence-corrected chi connectivity index (χ1v) is 4.79. The third-order valence-electron chi connectivity index (χ3n) is 2.38. The lowest BCUT2D eigenvalue weighted by Crippen LogP contribution is -2.61. The number of benzene rings is 1. The quantitative estimate of drug-likeness (QED) is 0.826. The van der Waals surface area contributed by atoms with Crippen molar-refractivity contribution < 1.29 is 22.7 Å². The van der Waals surface area contributed by atoms with Gasteiger partial charge in [0, 0.05) is 6.42 Å². The molecule has 0 spiro atoms. The summed E-state index contributed by atoms with van der Waals surface area (Å²) in [5.74, 6) is -1.49. The van der Waals surface area contributed by atoms with E-state index < -0.39 is 24.1 Å². The molecule has 0 radical (unpaired) electrons. The molecule has 1 unspecified atom stereocenters. The highest BCUT2D eigenvalue weighted by atomic mass is 19.4. The molecule has 0 aliphatic heterocycles. The van der Waals surface area contributed by atoms with Gasteiger partial charge in [0.15, 0.2) is 0 Å². The van der Waals surface area contributed by atoms with E-state index in [2.05, 4.69) is 4.74 Å². The van der Waals surface area contributed by atoms with Gasteiger partial charge >= 0.3 is 12.1 Å². The Labute approximate surface area is 96.4 Å². The summed E-state index contributed by atoms with van der Waals surface area (Å²) in [6.45, 7) is 0. The van der Waals surface area contributed by atoms with Crippen LogP contribution in [-0.2, 0) is 16.0 Å². The van der Waals surface area contributed by atoms with Crippen LogP contribution in [-0.4, -0.2) is 24.8 Å². The number of carbonyl (C=O) groups excluding carboxylic acids is 1. The fourth-order valence-electron chi connectivity index (χ4n) is 1.39. The first-order valence-electron chi connectivity index (χ1n) is 4.79. The van der Waals surface area contributed by atoms with Gasteiger partial charge in [0.2, 0.25) is 5.54 Å². The van der Waals surface area contributed by atoms with Gasteiger partial charge in [0.1, 0.15) is 0 Å². The maximum atomic E-state index is 12.8. The van der Waals surface area contributed by atoms with Crippen molar-refractivity contribution in [3.8, 4) is 0 Å². The van der Waals surface area contributed by atoms with Crippen molar-refractivity contribution in [1.29, 1.82) is 0 Å². The molecule has 94 valence electrons. The Hall–Kier alpha value is -1.56. The molecule has 0 heterocycles. The van der Waals surface area contributed by atoms with Gasteiger partial charge in [-0.05, 0) is 5.56 Å². The van der Waals surface area contributed by atoms with Crippen LogP contribution in [0.2, 0.25) is 0 Å². The molecule has 0 fully saturated rings. The summed E-state index contributed by atoms with van der Waals surface area (Å²) >= 11 is 0. The number of hydrogen-bond donors (Lipinski definition) is 1. The minimum atomic E-state index is -4.87. The molecule has 1 atom stereocenters. The van der Waals surface area contributed by atoms with Crippen molar-refractivity contribution in [2.45, 2.75) is 18.1 Å².